The zero-order chi connectivity index (χ0) is 21.3. The Morgan fingerprint density at radius 1 is 1.33 bits per heavy atom. The van der Waals surface area contributed by atoms with Crippen molar-refractivity contribution in [3.05, 3.63) is 59.0 Å². The molecule has 0 fully saturated rings. The molecule has 158 valence electrons. The molecular weight excluding hydrogens is 385 g/mol. The van der Waals surface area contributed by atoms with Crippen molar-refractivity contribution in [1.29, 1.82) is 0 Å². The van der Waals surface area contributed by atoms with Gasteiger partial charge in [0.2, 0.25) is 5.91 Å². The topological polar surface area (TPSA) is 77.6 Å². The molecule has 0 radical (unpaired) electrons. The number of hydrogen-bond donors (Lipinski definition) is 3. The smallest absolute Gasteiger partial charge is 0.221 e. The van der Waals surface area contributed by atoms with Crippen LogP contribution < -0.4 is 10.1 Å². The van der Waals surface area contributed by atoms with Crippen LogP contribution in [0.5, 0.6) is 5.75 Å². The molecule has 1 amide bonds. The summed E-state index contributed by atoms with van der Waals surface area (Å²) in [6.07, 6.45) is 0.128. The molecule has 1 aliphatic heterocycles. The number of aromatic amines is 1. The van der Waals surface area contributed by atoms with Crippen molar-refractivity contribution < 1.29 is 19.0 Å². The highest BCUT2D eigenvalue weighted by Crippen LogP contribution is 2.29. The van der Waals surface area contributed by atoms with Crippen LogP contribution in [-0.2, 0) is 17.8 Å². The van der Waals surface area contributed by atoms with Gasteiger partial charge in [-0.2, -0.15) is 0 Å². The maximum absolute atomic E-state index is 13.7. The molecule has 1 unspecified atom stereocenters. The number of carbonyl (C=O) groups is 1. The van der Waals surface area contributed by atoms with E-state index in [9.17, 15) is 14.3 Å². The summed E-state index contributed by atoms with van der Waals surface area (Å²) >= 11 is 0. The monoisotopic (exact) mass is 411 g/mol. The summed E-state index contributed by atoms with van der Waals surface area (Å²) in [4.78, 5) is 16.9. The van der Waals surface area contributed by atoms with Crippen molar-refractivity contribution in [3.63, 3.8) is 0 Å². The molecule has 1 aromatic heterocycles. The van der Waals surface area contributed by atoms with Gasteiger partial charge in [0.1, 0.15) is 24.3 Å². The SMILES string of the molecule is CC(=O)Nc1ccc(C)cc1OCC(O)CN1CCc2[nH]c3ccc(F)cc3c2C1. The fraction of sp³-hybridized carbons (Fsp3) is 0.348. The predicted octanol–water partition coefficient (Wildman–Crippen LogP) is 3.37. The van der Waals surface area contributed by atoms with Crippen molar-refractivity contribution in [2.24, 2.45) is 0 Å². The third-order valence-corrected chi connectivity index (χ3v) is 5.36. The first-order valence-electron chi connectivity index (χ1n) is 10.1. The maximum Gasteiger partial charge on any atom is 0.221 e. The van der Waals surface area contributed by atoms with E-state index in [0.717, 1.165) is 40.7 Å². The van der Waals surface area contributed by atoms with Gasteiger partial charge in [0.05, 0.1) is 5.69 Å². The fourth-order valence-electron chi connectivity index (χ4n) is 3.98. The molecule has 1 atom stereocenters. The van der Waals surface area contributed by atoms with E-state index in [1.54, 1.807) is 18.2 Å². The van der Waals surface area contributed by atoms with E-state index in [4.69, 9.17) is 4.74 Å². The van der Waals surface area contributed by atoms with Gasteiger partial charge in [0.15, 0.2) is 0 Å². The number of anilines is 1. The highest BCUT2D eigenvalue weighted by molar-refractivity contribution is 5.90. The second-order valence-corrected chi connectivity index (χ2v) is 7.90. The van der Waals surface area contributed by atoms with E-state index in [1.165, 1.54) is 13.0 Å². The van der Waals surface area contributed by atoms with Crippen LogP contribution in [0, 0.1) is 12.7 Å². The maximum atomic E-state index is 13.7. The molecule has 30 heavy (non-hydrogen) atoms. The van der Waals surface area contributed by atoms with Crippen LogP contribution in [0.4, 0.5) is 10.1 Å². The number of nitrogens with zero attached hydrogens (tertiary/aromatic N) is 1. The second-order valence-electron chi connectivity index (χ2n) is 7.90. The number of amides is 1. The van der Waals surface area contributed by atoms with Crippen LogP contribution >= 0.6 is 0 Å². The van der Waals surface area contributed by atoms with Crippen LogP contribution in [0.25, 0.3) is 10.9 Å². The molecule has 0 saturated heterocycles. The minimum absolute atomic E-state index is 0.113. The van der Waals surface area contributed by atoms with E-state index in [0.29, 0.717) is 24.5 Å². The average Bonchev–Trinajstić information content (AvgIpc) is 3.05. The number of H-pyrrole nitrogens is 1. The number of ether oxygens (including phenoxy) is 1. The summed E-state index contributed by atoms with van der Waals surface area (Å²) in [6.45, 7) is 5.40. The Morgan fingerprint density at radius 3 is 2.97 bits per heavy atom. The van der Waals surface area contributed by atoms with Gasteiger partial charge in [-0.25, -0.2) is 4.39 Å². The van der Waals surface area contributed by atoms with Crippen molar-refractivity contribution in [3.8, 4) is 5.75 Å². The van der Waals surface area contributed by atoms with Crippen LogP contribution in [0.3, 0.4) is 0 Å². The Labute approximate surface area is 174 Å². The Kier molecular flexibility index (Phi) is 5.74. The summed E-state index contributed by atoms with van der Waals surface area (Å²) in [5.41, 5.74) is 4.76. The number of aromatic nitrogens is 1. The number of rotatable bonds is 6. The van der Waals surface area contributed by atoms with E-state index >= 15 is 0 Å². The molecule has 2 heterocycles. The number of β-amino-alcohol motifs (C(OH)–C–C–N with tert-alkyl or cyclic N) is 1. The molecule has 3 N–H and O–H groups in total. The molecule has 0 saturated carbocycles. The van der Waals surface area contributed by atoms with Crippen molar-refractivity contribution in [2.45, 2.75) is 32.9 Å². The Hall–Kier alpha value is -2.90. The molecule has 6 nitrogen and oxygen atoms in total. The van der Waals surface area contributed by atoms with Gasteiger partial charge >= 0.3 is 0 Å². The van der Waals surface area contributed by atoms with E-state index < -0.39 is 6.10 Å². The van der Waals surface area contributed by atoms with Crippen LogP contribution in [0.2, 0.25) is 0 Å². The first-order chi connectivity index (χ1) is 14.4. The Bertz CT molecular complexity index is 1080. The summed E-state index contributed by atoms with van der Waals surface area (Å²) < 4.78 is 19.5. The van der Waals surface area contributed by atoms with Gasteiger partial charge in [0.25, 0.3) is 0 Å². The lowest BCUT2D eigenvalue weighted by molar-refractivity contribution is -0.114. The van der Waals surface area contributed by atoms with E-state index in [-0.39, 0.29) is 18.3 Å². The quantitative estimate of drug-likeness (QED) is 0.581. The Morgan fingerprint density at radius 2 is 2.17 bits per heavy atom. The molecule has 0 bridgehead atoms. The highest BCUT2D eigenvalue weighted by Gasteiger charge is 2.23. The average molecular weight is 411 g/mol. The lowest BCUT2D eigenvalue weighted by atomic mass is 10.0. The largest absolute Gasteiger partial charge is 0.489 e. The van der Waals surface area contributed by atoms with Gasteiger partial charge in [-0.3, -0.25) is 9.69 Å². The molecule has 0 spiro atoms. The number of aliphatic hydroxyl groups is 1. The number of aryl methyl sites for hydroxylation is 1. The molecule has 3 aromatic rings. The first kappa shape index (κ1) is 20.4. The fourth-order valence-corrected chi connectivity index (χ4v) is 3.98. The number of nitrogens with one attached hydrogen (secondary N) is 2. The predicted molar refractivity (Wildman–Crippen MR) is 114 cm³/mol. The van der Waals surface area contributed by atoms with Crippen molar-refractivity contribution in [2.75, 3.05) is 25.0 Å². The molecule has 2 aromatic carbocycles. The third-order valence-electron chi connectivity index (χ3n) is 5.36. The van der Waals surface area contributed by atoms with Crippen molar-refractivity contribution in [1.82, 2.24) is 9.88 Å². The molecule has 4 rings (SSSR count). The number of benzene rings is 2. The molecule has 1 aliphatic rings. The second kappa shape index (κ2) is 8.45. The van der Waals surface area contributed by atoms with Crippen molar-refractivity contribution >= 4 is 22.5 Å². The lowest BCUT2D eigenvalue weighted by Crippen LogP contribution is -2.38. The van der Waals surface area contributed by atoms with Crippen LogP contribution in [-0.4, -0.2) is 46.7 Å². The standard InChI is InChI=1S/C23H26FN3O3/c1-14-3-5-22(25-15(2)28)23(9-14)30-13-17(29)11-27-8-7-21-19(12-27)18-10-16(24)4-6-20(18)26-21/h3-6,9-10,17,26,29H,7-8,11-13H2,1-2H3,(H,25,28). The normalized spacial score (nSPS) is 15.1. The zero-order valence-corrected chi connectivity index (χ0v) is 17.2. The van der Waals surface area contributed by atoms with Crippen LogP contribution in [0.1, 0.15) is 23.7 Å². The summed E-state index contributed by atoms with van der Waals surface area (Å²) in [5.74, 6) is 0.115. The molecule has 0 aliphatic carbocycles. The zero-order valence-electron chi connectivity index (χ0n) is 17.2. The molecule has 7 heteroatoms. The first-order valence-corrected chi connectivity index (χ1v) is 10.1. The summed E-state index contributed by atoms with van der Waals surface area (Å²) in [7, 11) is 0. The van der Waals surface area contributed by atoms with Gasteiger partial charge in [-0.15, -0.1) is 0 Å². The number of carbonyl (C=O) groups excluding carboxylic acids is 1. The number of fused-ring (bicyclic) bond motifs is 3. The van der Waals surface area contributed by atoms with Gasteiger partial charge < -0.3 is 20.1 Å². The van der Waals surface area contributed by atoms with Gasteiger partial charge in [-0.1, -0.05) is 6.07 Å². The van der Waals surface area contributed by atoms with Crippen LogP contribution in [0.15, 0.2) is 36.4 Å². The summed E-state index contributed by atoms with van der Waals surface area (Å²) in [6, 6.07) is 10.3. The molecular formula is C23H26FN3O3. The van der Waals surface area contributed by atoms with Gasteiger partial charge in [-0.05, 0) is 48.4 Å². The summed E-state index contributed by atoms with van der Waals surface area (Å²) in [5, 5.41) is 14.2. The minimum atomic E-state index is -0.695. The van der Waals surface area contributed by atoms with Gasteiger partial charge in [0, 0.05) is 49.6 Å². The number of aliphatic hydroxyl groups excluding tert-OH is 1. The van der Waals surface area contributed by atoms with E-state index in [2.05, 4.69) is 15.2 Å². The number of halogens is 1. The Balaban J connectivity index is 1.39. The minimum Gasteiger partial charge on any atom is -0.489 e. The van der Waals surface area contributed by atoms with E-state index in [1.807, 2.05) is 19.1 Å². The highest BCUT2D eigenvalue weighted by atomic mass is 19.1. The number of hydrogen-bond acceptors (Lipinski definition) is 4. The third kappa shape index (κ3) is 4.47. The lowest BCUT2D eigenvalue weighted by Gasteiger charge is -2.29.